The van der Waals surface area contributed by atoms with E-state index >= 15 is 0 Å². The number of benzene rings is 3. The van der Waals surface area contributed by atoms with Crippen molar-refractivity contribution in [2.45, 2.75) is 58.9 Å². The molecule has 210 valence electrons. The number of thiazole rings is 1. The van der Waals surface area contributed by atoms with Gasteiger partial charge in [-0.2, -0.15) is 0 Å². The Morgan fingerprint density at radius 2 is 1.85 bits per heavy atom. The van der Waals surface area contributed by atoms with E-state index in [0.29, 0.717) is 24.3 Å². The lowest BCUT2D eigenvalue weighted by atomic mass is 9.81. The number of fused-ring (bicyclic) bond motifs is 1. The molecule has 40 heavy (non-hydrogen) atoms. The van der Waals surface area contributed by atoms with Gasteiger partial charge in [0, 0.05) is 11.9 Å². The van der Waals surface area contributed by atoms with Crippen LogP contribution in [0.2, 0.25) is 0 Å². The van der Waals surface area contributed by atoms with Gasteiger partial charge in [0.15, 0.2) is 4.80 Å². The molecule has 1 fully saturated rings. The average molecular weight is 555 g/mol. The van der Waals surface area contributed by atoms with Crippen LogP contribution in [0, 0.1) is 24.7 Å². The number of carbonyl (C=O) groups excluding carboxylic acids is 1. The van der Waals surface area contributed by atoms with Crippen molar-refractivity contribution in [3.05, 3.63) is 82.5 Å². The van der Waals surface area contributed by atoms with Crippen molar-refractivity contribution in [3.8, 4) is 11.3 Å². The van der Waals surface area contributed by atoms with Gasteiger partial charge in [-0.15, -0.1) is 11.3 Å². The third kappa shape index (κ3) is 6.73. The Morgan fingerprint density at radius 1 is 1.05 bits per heavy atom. The monoisotopic (exact) mass is 554 g/mol. The Morgan fingerprint density at radius 3 is 2.62 bits per heavy atom. The van der Waals surface area contributed by atoms with Crippen LogP contribution in [-0.2, 0) is 4.79 Å². The molecular formula is C34H42N4OS. The van der Waals surface area contributed by atoms with Crippen molar-refractivity contribution >= 4 is 33.7 Å². The molecule has 1 amide bonds. The zero-order chi connectivity index (χ0) is 28.1. The quantitative estimate of drug-likeness (QED) is 0.227. The number of nitrogens with one attached hydrogen (secondary N) is 1. The van der Waals surface area contributed by atoms with Crippen LogP contribution < -0.4 is 15.9 Å². The first-order valence-electron chi connectivity index (χ1n) is 14.7. The van der Waals surface area contributed by atoms with E-state index in [1.165, 1.54) is 29.2 Å². The zero-order valence-corrected chi connectivity index (χ0v) is 24.8. The van der Waals surface area contributed by atoms with Crippen LogP contribution in [-0.4, -0.2) is 23.6 Å². The molecule has 1 aromatic heterocycles. The van der Waals surface area contributed by atoms with Gasteiger partial charge in [-0.1, -0.05) is 68.8 Å². The van der Waals surface area contributed by atoms with Crippen molar-refractivity contribution < 1.29 is 4.79 Å². The fourth-order valence-electron chi connectivity index (χ4n) is 6.01. The van der Waals surface area contributed by atoms with Crippen molar-refractivity contribution in [3.63, 3.8) is 0 Å². The molecule has 1 heterocycles. The normalized spacial score (nSPS) is 18.8. The molecule has 3 aromatic carbocycles. The molecule has 3 N–H and O–H groups in total. The van der Waals surface area contributed by atoms with E-state index in [1.807, 2.05) is 12.1 Å². The summed E-state index contributed by atoms with van der Waals surface area (Å²) >= 11 is 1.60. The third-order valence-corrected chi connectivity index (χ3v) is 8.95. The Balaban J connectivity index is 1.56. The van der Waals surface area contributed by atoms with Gasteiger partial charge in [-0.3, -0.25) is 4.79 Å². The minimum absolute atomic E-state index is 0.0784. The highest BCUT2D eigenvalue weighted by atomic mass is 32.1. The smallest absolute Gasteiger partial charge is 0.243 e. The minimum Gasteiger partial charge on any atom is -0.354 e. The molecule has 1 aliphatic rings. The maximum Gasteiger partial charge on any atom is 0.243 e. The maximum absolute atomic E-state index is 14.0. The average Bonchev–Trinajstić information content (AvgIpc) is 3.37. The van der Waals surface area contributed by atoms with Crippen LogP contribution in [0.5, 0.6) is 0 Å². The molecule has 0 bridgehead atoms. The zero-order valence-electron chi connectivity index (χ0n) is 24.0. The molecule has 4 aromatic rings. The largest absolute Gasteiger partial charge is 0.354 e. The van der Waals surface area contributed by atoms with Gasteiger partial charge in [-0.05, 0) is 97.0 Å². The van der Waals surface area contributed by atoms with Crippen LogP contribution in [0.25, 0.3) is 22.0 Å². The molecule has 1 aliphatic carbocycles. The molecule has 0 saturated heterocycles. The highest BCUT2D eigenvalue weighted by Gasteiger charge is 2.28. The van der Waals surface area contributed by atoms with Crippen molar-refractivity contribution in [1.82, 2.24) is 9.88 Å². The summed E-state index contributed by atoms with van der Waals surface area (Å²) in [6.07, 6.45) is 5.41. The van der Waals surface area contributed by atoms with E-state index in [9.17, 15) is 4.79 Å². The van der Waals surface area contributed by atoms with Crippen molar-refractivity contribution in [1.29, 1.82) is 0 Å². The number of nitrogens with two attached hydrogens (primary N) is 1. The van der Waals surface area contributed by atoms with E-state index in [2.05, 4.69) is 90.6 Å². The van der Waals surface area contributed by atoms with Gasteiger partial charge in [0.1, 0.15) is 6.04 Å². The molecular weight excluding hydrogens is 512 g/mol. The van der Waals surface area contributed by atoms with Crippen LogP contribution in [0.1, 0.15) is 57.6 Å². The summed E-state index contributed by atoms with van der Waals surface area (Å²) in [5.41, 5.74) is 10.2. The van der Waals surface area contributed by atoms with Crippen LogP contribution in [0.4, 0.5) is 5.69 Å². The van der Waals surface area contributed by atoms with Crippen LogP contribution in [0.3, 0.4) is 0 Å². The highest BCUT2D eigenvalue weighted by molar-refractivity contribution is 7.07. The summed E-state index contributed by atoms with van der Waals surface area (Å²) < 4.78 is 2.19. The minimum atomic E-state index is -0.356. The lowest BCUT2D eigenvalue weighted by Crippen LogP contribution is -2.40. The number of nitrogens with zero attached hydrogens (tertiary/aromatic N) is 2. The summed E-state index contributed by atoms with van der Waals surface area (Å²) in [4.78, 5) is 20.0. The summed E-state index contributed by atoms with van der Waals surface area (Å²) in [6, 6.07) is 22.8. The second-order valence-electron chi connectivity index (χ2n) is 11.8. The van der Waals surface area contributed by atoms with Gasteiger partial charge in [-0.25, -0.2) is 4.99 Å². The fourth-order valence-corrected chi connectivity index (χ4v) is 6.97. The molecule has 0 aliphatic heterocycles. The van der Waals surface area contributed by atoms with E-state index in [-0.39, 0.29) is 11.9 Å². The Hall–Kier alpha value is -3.22. The fraction of sp³-hybridized carbons (Fsp3) is 0.412. The van der Waals surface area contributed by atoms with Crippen molar-refractivity contribution in [2.24, 2.45) is 28.5 Å². The lowest BCUT2D eigenvalue weighted by molar-refractivity contribution is -0.125. The van der Waals surface area contributed by atoms with Crippen LogP contribution >= 0.6 is 11.3 Å². The molecule has 5 nitrogen and oxygen atoms in total. The van der Waals surface area contributed by atoms with E-state index in [1.54, 1.807) is 11.3 Å². The van der Waals surface area contributed by atoms with Gasteiger partial charge in [0.25, 0.3) is 0 Å². The Kier molecular flexibility index (Phi) is 9.18. The van der Waals surface area contributed by atoms with Gasteiger partial charge in [0.2, 0.25) is 5.91 Å². The van der Waals surface area contributed by atoms with Gasteiger partial charge in [0.05, 0.1) is 11.4 Å². The first-order valence-corrected chi connectivity index (χ1v) is 15.6. The SMILES string of the molecule is Cc1cccc(N=c2scc(-c3ccc4ccccc4c3)n2[C@H](CC(C)C)C(=O)NCC2CCCC(CN)C2)c1. The topological polar surface area (TPSA) is 72.4 Å². The summed E-state index contributed by atoms with van der Waals surface area (Å²) in [5.74, 6) is 1.49. The Bertz CT molecular complexity index is 1520. The number of rotatable bonds is 9. The number of carbonyl (C=O) groups is 1. The number of aryl methyl sites for hydroxylation is 1. The number of hydrogen-bond donors (Lipinski definition) is 2. The summed E-state index contributed by atoms with van der Waals surface area (Å²) in [7, 11) is 0. The van der Waals surface area contributed by atoms with Crippen molar-refractivity contribution in [2.75, 3.05) is 13.1 Å². The number of aromatic nitrogens is 1. The first kappa shape index (κ1) is 28.3. The standard InChI is InChI=1S/C34H42N4OS/c1-23(2)16-31(33(39)36-21-26-10-7-9-25(18-26)20-35)38-32(29-15-14-27-11-4-5-12-28(27)19-29)22-40-34(38)37-30-13-6-8-24(3)17-30/h4-6,8,11-15,17,19,22-23,25-26,31H,7,9-10,16,18,20-21,35H2,1-3H3,(H,36,39)/t25?,26?,31-/m1/s1. The van der Waals surface area contributed by atoms with Crippen LogP contribution in [0.15, 0.2) is 77.1 Å². The van der Waals surface area contributed by atoms with E-state index in [0.717, 1.165) is 47.6 Å². The summed E-state index contributed by atoms with van der Waals surface area (Å²) in [5, 5.41) is 7.91. The van der Waals surface area contributed by atoms with E-state index in [4.69, 9.17) is 10.7 Å². The lowest BCUT2D eigenvalue weighted by Gasteiger charge is -2.29. The number of amides is 1. The predicted molar refractivity (Wildman–Crippen MR) is 168 cm³/mol. The molecule has 1 saturated carbocycles. The predicted octanol–water partition coefficient (Wildman–Crippen LogP) is 7.38. The third-order valence-electron chi connectivity index (χ3n) is 8.11. The summed E-state index contributed by atoms with van der Waals surface area (Å²) in [6.45, 7) is 7.91. The molecule has 3 atom stereocenters. The maximum atomic E-state index is 14.0. The molecule has 0 spiro atoms. The second-order valence-corrected chi connectivity index (χ2v) is 12.6. The number of hydrogen-bond acceptors (Lipinski definition) is 4. The van der Waals surface area contributed by atoms with Gasteiger partial charge < -0.3 is 15.6 Å². The second kappa shape index (κ2) is 13.0. The van der Waals surface area contributed by atoms with Gasteiger partial charge >= 0.3 is 0 Å². The molecule has 0 radical (unpaired) electrons. The Labute approximate surface area is 242 Å². The highest BCUT2D eigenvalue weighted by Crippen LogP contribution is 2.31. The van der Waals surface area contributed by atoms with E-state index < -0.39 is 0 Å². The molecule has 5 rings (SSSR count). The molecule has 6 heteroatoms. The first-order chi connectivity index (χ1) is 19.4. The molecule has 2 unspecified atom stereocenters.